The van der Waals surface area contributed by atoms with Gasteiger partial charge in [0.1, 0.15) is 19.3 Å². The van der Waals surface area contributed by atoms with Gasteiger partial charge in [0.2, 0.25) is 5.91 Å². The van der Waals surface area contributed by atoms with Crippen LogP contribution in [0.2, 0.25) is 0 Å². The van der Waals surface area contributed by atoms with E-state index in [9.17, 15) is 19.0 Å². The van der Waals surface area contributed by atoms with Crippen LogP contribution in [0.15, 0.2) is 72.9 Å². The topological polar surface area (TPSA) is 111 Å². The highest BCUT2D eigenvalue weighted by molar-refractivity contribution is 7.47. The maximum atomic E-state index is 13.6. The van der Waals surface area contributed by atoms with E-state index >= 15 is 0 Å². The maximum Gasteiger partial charge on any atom is 0.472 e. The molecule has 0 spiro atoms. The van der Waals surface area contributed by atoms with Crippen LogP contribution in [-0.2, 0) is 27.9 Å². The molecule has 0 saturated carbocycles. The normalized spacial score (nSPS) is 13.9. The van der Waals surface area contributed by atoms with Crippen molar-refractivity contribution in [3.8, 4) is 0 Å². The Bertz CT molecular complexity index is 1680. The summed E-state index contributed by atoms with van der Waals surface area (Å²) in [7, 11) is 1.48. The number of nitrogens with zero attached hydrogens (tertiary/aromatic N) is 1. The summed E-state index contributed by atoms with van der Waals surface area (Å²) in [6.45, 7) is 7.00. The van der Waals surface area contributed by atoms with E-state index in [0.717, 1.165) is 77.0 Å². The van der Waals surface area contributed by atoms with Gasteiger partial charge < -0.3 is 19.4 Å². The SMILES string of the molecule is CCCCC/C=C\C/C=C\C/C=C\C/C=C\CCCCCC(=O)OC(/C=C\CCCCCCCCCCCCC)C(COP(=O)(O)OCC[N+](C)(C)C)NC(=O)CCCCCCCCCCCCCCCCCCC/C=C/CCCCCCCC. The largest absolute Gasteiger partial charge is 0.472 e. The highest BCUT2D eigenvalue weighted by Gasteiger charge is 2.30. The number of carbonyl (C=O) groups excluding carboxylic acids is 2. The van der Waals surface area contributed by atoms with E-state index in [4.69, 9.17) is 13.8 Å². The zero-order chi connectivity index (χ0) is 62.1. The third kappa shape index (κ3) is 65.7. The Morgan fingerprint density at radius 2 is 0.718 bits per heavy atom. The number of esters is 1. The summed E-state index contributed by atoms with van der Waals surface area (Å²) in [5, 5.41) is 3.07. The lowest BCUT2D eigenvalue weighted by Gasteiger charge is -2.27. The predicted molar refractivity (Wildman–Crippen MR) is 369 cm³/mol. The van der Waals surface area contributed by atoms with Gasteiger partial charge >= 0.3 is 13.8 Å². The molecule has 0 aromatic rings. The van der Waals surface area contributed by atoms with E-state index in [1.54, 1.807) is 0 Å². The van der Waals surface area contributed by atoms with E-state index < -0.39 is 20.0 Å². The molecule has 2 N–H and O–H groups in total. The minimum absolute atomic E-state index is 0.0341. The zero-order valence-electron chi connectivity index (χ0n) is 56.9. The fraction of sp³-hybridized carbons (Fsp3) is 0.813. The summed E-state index contributed by atoms with van der Waals surface area (Å²) in [5.74, 6) is -0.530. The summed E-state index contributed by atoms with van der Waals surface area (Å²) in [4.78, 5) is 37.9. The average Bonchev–Trinajstić information content (AvgIpc) is 3.50. The van der Waals surface area contributed by atoms with Crippen LogP contribution in [0.4, 0.5) is 0 Å². The number of amides is 1. The van der Waals surface area contributed by atoms with Crippen molar-refractivity contribution in [1.29, 1.82) is 0 Å². The maximum absolute atomic E-state index is 13.6. The molecule has 0 saturated heterocycles. The fourth-order valence-corrected chi connectivity index (χ4v) is 11.2. The summed E-state index contributed by atoms with van der Waals surface area (Å²) in [5.41, 5.74) is 0. The quantitative estimate of drug-likeness (QED) is 0.0205. The number of hydrogen-bond acceptors (Lipinski definition) is 6. The monoisotopic (exact) mass is 1210 g/mol. The lowest BCUT2D eigenvalue weighted by atomic mass is 10.0. The number of phosphoric acid groups is 1. The molecule has 496 valence electrons. The van der Waals surface area contributed by atoms with Gasteiger partial charge in [0.15, 0.2) is 0 Å². The van der Waals surface area contributed by atoms with Gasteiger partial charge in [0.25, 0.3) is 0 Å². The minimum Gasteiger partial charge on any atom is -0.456 e. The first kappa shape index (κ1) is 82.5. The number of likely N-dealkylation sites (N-methyl/N-ethyl adjacent to an activating group) is 1. The van der Waals surface area contributed by atoms with Crippen LogP contribution in [0.1, 0.15) is 342 Å². The third-order valence-electron chi connectivity index (χ3n) is 16.1. The first-order valence-corrected chi connectivity index (χ1v) is 37.8. The van der Waals surface area contributed by atoms with Crippen molar-refractivity contribution in [2.45, 2.75) is 354 Å². The lowest BCUT2D eigenvalue weighted by Crippen LogP contribution is -2.47. The molecule has 0 rings (SSSR count). The highest BCUT2D eigenvalue weighted by atomic mass is 31.2. The Morgan fingerprint density at radius 3 is 1.12 bits per heavy atom. The molecule has 10 heteroatoms. The number of nitrogens with one attached hydrogen (secondary N) is 1. The molecule has 9 nitrogen and oxygen atoms in total. The molecule has 0 fully saturated rings. The van der Waals surface area contributed by atoms with Crippen molar-refractivity contribution >= 4 is 19.7 Å². The summed E-state index contributed by atoms with van der Waals surface area (Å²) in [6, 6.07) is -0.864. The second-order valence-electron chi connectivity index (χ2n) is 25.8. The van der Waals surface area contributed by atoms with Crippen LogP contribution in [-0.4, -0.2) is 74.3 Å². The molecule has 3 unspecified atom stereocenters. The summed E-state index contributed by atoms with van der Waals surface area (Å²) >= 11 is 0. The van der Waals surface area contributed by atoms with Crippen molar-refractivity contribution in [2.75, 3.05) is 40.9 Å². The van der Waals surface area contributed by atoms with Crippen molar-refractivity contribution in [1.82, 2.24) is 5.32 Å². The number of quaternary nitrogens is 1. The van der Waals surface area contributed by atoms with Gasteiger partial charge in [-0.1, -0.05) is 299 Å². The average molecular weight is 1210 g/mol. The molecule has 3 atom stereocenters. The Hall–Kier alpha value is -2.55. The Balaban J connectivity index is 5.08. The molecular weight excluding hydrogens is 1070 g/mol. The van der Waals surface area contributed by atoms with Crippen molar-refractivity contribution in [3.05, 3.63) is 72.9 Å². The molecule has 0 aliphatic rings. The number of rotatable bonds is 66. The fourth-order valence-electron chi connectivity index (χ4n) is 10.5. The van der Waals surface area contributed by atoms with Crippen molar-refractivity contribution < 1.29 is 37.3 Å². The van der Waals surface area contributed by atoms with Crippen LogP contribution < -0.4 is 5.32 Å². The summed E-state index contributed by atoms with van der Waals surface area (Å²) < 4.78 is 30.8. The van der Waals surface area contributed by atoms with E-state index in [-0.39, 0.29) is 31.5 Å². The van der Waals surface area contributed by atoms with Gasteiger partial charge in [-0.15, -0.1) is 0 Å². The first-order valence-electron chi connectivity index (χ1n) is 36.3. The van der Waals surface area contributed by atoms with E-state index in [1.807, 2.05) is 33.3 Å². The third-order valence-corrected chi connectivity index (χ3v) is 17.1. The van der Waals surface area contributed by atoms with Gasteiger partial charge in [-0.2, -0.15) is 0 Å². The van der Waals surface area contributed by atoms with Gasteiger partial charge in [0.05, 0.1) is 33.8 Å². The molecule has 0 aromatic heterocycles. The predicted octanol–water partition coefficient (Wildman–Crippen LogP) is 23.1. The van der Waals surface area contributed by atoms with Crippen LogP contribution >= 0.6 is 7.82 Å². The number of allylic oxidation sites excluding steroid dienone is 11. The van der Waals surface area contributed by atoms with Crippen molar-refractivity contribution in [2.24, 2.45) is 0 Å². The lowest BCUT2D eigenvalue weighted by molar-refractivity contribution is -0.870. The van der Waals surface area contributed by atoms with Gasteiger partial charge in [-0.25, -0.2) is 4.57 Å². The van der Waals surface area contributed by atoms with Crippen LogP contribution in [0.25, 0.3) is 0 Å². The molecule has 0 aliphatic carbocycles. The molecule has 0 heterocycles. The number of unbranched alkanes of at least 4 members (excludes halogenated alkanes) is 40. The van der Waals surface area contributed by atoms with Crippen molar-refractivity contribution in [3.63, 3.8) is 0 Å². The second-order valence-corrected chi connectivity index (χ2v) is 27.2. The Labute approximate surface area is 527 Å². The standard InChI is InChI=1S/C75H139N2O7P/c1-7-10-13-16-19-22-25-28-30-32-34-35-36-37-38-39-40-41-43-44-46-49-52-55-58-61-64-67-74(78)76-72(71-83-85(80,81)82-70-69-77(4,5)6)73(66-63-60-57-54-51-48-27-24-21-18-15-12-9-3)84-75(79)68-65-62-59-56-53-50-47-45-42-33-31-29-26-23-20-17-14-11-8-2/h20,23,28-31,42,45,50,53,63,66,72-73H,7-19,21-22,24-27,32-41,43-44,46-49,51-52,54-62,64-65,67-71H2,1-6H3,(H-,76,78,80,81)/p+1/b23-20-,30-28+,31-29-,45-42-,53-50-,66-63-. The highest BCUT2D eigenvalue weighted by Crippen LogP contribution is 2.43. The molecule has 0 aromatic carbocycles. The second kappa shape index (κ2) is 64.4. The molecule has 85 heavy (non-hydrogen) atoms. The minimum atomic E-state index is -4.46. The number of hydrogen-bond donors (Lipinski definition) is 2. The van der Waals surface area contributed by atoms with Gasteiger partial charge in [-0.05, 0) is 102 Å². The van der Waals surface area contributed by atoms with Gasteiger partial charge in [0, 0.05) is 12.8 Å². The van der Waals surface area contributed by atoms with E-state index in [2.05, 4.69) is 86.8 Å². The molecule has 1 amide bonds. The van der Waals surface area contributed by atoms with E-state index in [1.165, 1.54) is 225 Å². The Morgan fingerprint density at radius 1 is 0.412 bits per heavy atom. The van der Waals surface area contributed by atoms with Crippen LogP contribution in [0, 0.1) is 0 Å². The number of ether oxygens (including phenoxy) is 1. The molecular formula is C75H140N2O7P+. The molecule has 0 radical (unpaired) electrons. The number of carbonyl (C=O) groups is 2. The Kier molecular flexibility index (Phi) is 62.5. The first-order chi connectivity index (χ1) is 41.4. The van der Waals surface area contributed by atoms with Crippen LogP contribution in [0.5, 0.6) is 0 Å². The summed E-state index contributed by atoms with van der Waals surface area (Å²) in [6.07, 6.45) is 84.9. The van der Waals surface area contributed by atoms with Gasteiger partial charge in [-0.3, -0.25) is 18.6 Å². The zero-order valence-corrected chi connectivity index (χ0v) is 57.7. The molecule has 0 aliphatic heterocycles. The molecule has 0 bridgehead atoms. The van der Waals surface area contributed by atoms with E-state index in [0.29, 0.717) is 23.9 Å². The number of phosphoric ester groups is 1. The van der Waals surface area contributed by atoms with Crippen LogP contribution in [0.3, 0.4) is 0 Å². The smallest absolute Gasteiger partial charge is 0.456 e.